The predicted molar refractivity (Wildman–Crippen MR) is 68.7 cm³/mol. The Morgan fingerprint density at radius 3 is 2.59 bits per heavy atom. The van der Waals surface area contributed by atoms with Gasteiger partial charge in [0.15, 0.2) is 0 Å². The molecule has 0 bridgehead atoms. The summed E-state index contributed by atoms with van der Waals surface area (Å²) in [5.41, 5.74) is 7.88. The fraction of sp³-hybridized carbons (Fsp3) is 0.727. The van der Waals surface area contributed by atoms with Crippen molar-refractivity contribution >= 4 is 9.84 Å². The summed E-state index contributed by atoms with van der Waals surface area (Å²) < 4.78 is 24.2. The molecule has 1 atom stereocenters. The Morgan fingerprint density at radius 1 is 1.47 bits per heavy atom. The van der Waals surface area contributed by atoms with E-state index in [9.17, 15) is 8.42 Å². The zero-order chi connectivity index (χ0) is 13.1. The Labute approximate surface area is 103 Å². The first-order valence-corrected chi connectivity index (χ1v) is 7.90. The van der Waals surface area contributed by atoms with Gasteiger partial charge in [-0.05, 0) is 19.4 Å². The summed E-state index contributed by atoms with van der Waals surface area (Å²) in [6.07, 6.45) is 2.64. The number of aromatic nitrogens is 2. The van der Waals surface area contributed by atoms with Crippen molar-refractivity contribution in [1.82, 2.24) is 9.78 Å². The molecule has 98 valence electrons. The zero-order valence-corrected chi connectivity index (χ0v) is 11.5. The smallest absolute Gasteiger partial charge is 0.148 e. The molecule has 1 unspecified atom stereocenters. The molecular formula is C11H21N3O2S. The van der Waals surface area contributed by atoms with Crippen LogP contribution in [0, 0.1) is 0 Å². The lowest BCUT2D eigenvalue weighted by molar-refractivity contribution is 0.573. The van der Waals surface area contributed by atoms with Gasteiger partial charge in [0.1, 0.15) is 9.84 Å². The van der Waals surface area contributed by atoms with Gasteiger partial charge in [0.25, 0.3) is 0 Å². The second-order valence-corrected chi connectivity index (χ2v) is 6.54. The Hall–Kier alpha value is -0.880. The maximum atomic E-state index is 11.1. The van der Waals surface area contributed by atoms with Crippen LogP contribution < -0.4 is 5.73 Å². The first-order valence-electron chi connectivity index (χ1n) is 5.84. The second kappa shape index (κ2) is 5.64. The number of nitrogens with zero attached hydrogens (tertiary/aromatic N) is 2. The maximum absolute atomic E-state index is 11.1. The van der Waals surface area contributed by atoms with E-state index in [1.165, 1.54) is 6.26 Å². The first kappa shape index (κ1) is 14.2. The largest absolute Gasteiger partial charge is 0.326 e. The molecule has 1 rings (SSSR count). The minimum absolute atomic E-state index is 0.0172. The van der Waals surface area contributed by atoms with Crippen molar-refractivity contribution in [3.8, 4) is 0 Å². The van der Waals surface area contributed by atoms with Gasteiger partial charge in [-0.15, -0.1) is 0 Å². The molecule has 6 heteroatoms. The highest BCUT2D eigenvalue weighted by Crippen LogP contribution is 2.08. The van der Waals surface area contributed by atoms with Crippen molar-refractivity contribution in [3.63, 3.8) is 0 Å². The number of hydrogen-bond acceptors (Lipinski definition) is 4. The molecule has 0 radical (unpaired) electrons. The van der Waals surface area contributed by atoms with Crippen LogP contribution in [0.15, 0.2) is 6.07 Å². The quantitative estimate of drug-likeness (QED) is 0.801. The molecule has 1 heterocycles. The highest BCUT2D eigenvalue weighted by Gasteiger charge is 2.14. The van der Waals surface area contributed by atoms with E-state index < -0.39 is 9.84 Å². The fourth-order valence-corrected chi connectivity index (χ4v) is 2.74. The molecule has 0 spiro atoms. The number of sulfone groups is 1. The number of hydrogen-bond donors (Lipinski definition) is 1. The van der Waals surface area contributed by atoms with E-state index >= 15 is 0 Å². The molecule has 5 nitrogen and oxygen atoms in total. The van der Waals surface area contributed by atoms with Gasteiger partial charge in [-0.25, -0.2) is 8.42 Å². The molecule has 0 amide bonds. The van der Waals surface area contributed by atoms with E-state index in [-0.39, 0.29) is 11.8 Å². The Morgan fingerprint density at radius 2 is 2.12 bits per heavy atom. The summed E-state index contributed by atoms with van der Waals surface area (Å²) >= 11 is 0. The summed E-state index contributed by atoms with van der Waals surface area (Å²) in [5.74, 6) is 0.0172. The summed E-state index contributed by atoms with van der Waals surface area (Å²) in [7, 11) is -3.02. The molecule has 0 aliphatic rings. The number of nitrogens with two attached hydrogens (primary N) is 1. The van der Waals surface area contributed by atoms with Crippen molar-refractivity contribution in [2.24, 2.45) is 5.73 Å². The standard InChI is InChI=1S/C11H21N3O2S/c1-4-10-7-11(14(5-2)13-10)6-9(12)8-17(3,15)16/h7,9H,4-6,8,12H2,1-3H3. The molecule has 0 fully saturated rings. The third-order valence-corrected chi connectivity index (χ3v) is 3.60. The zero-order valence-electron chi connectivity index (χ0n) is 10.7. The first-order chi connectivity index (χ1) is 7.85. The molecule has 2 N–H and O–H groups in total. The molecule has 0 aromatic carbocycles. The van der Waals surface area contributed by atoms with E-state index in [4.69, 9.17) is 5.73 Å². The van der Waals surface area contributed by atoms with Gasteiger partial charge in [0.05, 0.1) is 11.4 Å². The number of aryl methyl sites for hydroxylation is 2. The minimum atomic E-state index is -3.02. The molecule has 0 aliphatic heterocycles. The van der Waals surface area contributed by atoms with Crippen LogP contribution in [0.25, 0.3) is 0 Å². The third-order valence-electron chi connectivity index (χ3n) is 2.56. The molecule has 0 saturated heterocycles. The van der Waals surface area contributed by atoms with Crippen LogP contribution in [-0.2, 0) is 29.2 Å². The Kier molecular flexibility index (Phi) is 4.70. The Balaban J connectivity index is 2.76. The molecule has 0 saturated carbocycles. The summed E-state index contributed by atoms with van der Waals surface area (Å²) in [5, 5.41) is 4.41. The van der Waals surface area contributed by atoms with Crippen LogP contribution >= 0.6 is 0 Å². The van der Waals surface area contributed by atoms with Crippen LogP contribution in [0.4, 0.5) is 0 Å². The van der Waals surface area contributed by atoms with E-state index in [0.29, 0.717) is 6.42 Å². The average Bonchev–Trinajstić information content (AvgIpc) is 2.57. The predicted octanol–water partition coefficient (Wildman–Crippen LogP) is 0.380. The molecule has 1 aromatic heterocycles. The average molecular weight is 259 g/mol. The highest BCUT2D eigenvalue weighted by molar-refractivity contribution is 7.90. The molecule has 1 aromatic rings. The topological polar surface area (TPSA) is 78.0 Å². The van der Waals surface area contributed by atoms with Crippen molar-refractivity contribution in [1.29, 1.82) is 0 Å². The van der Waals surface area contributed by atoms with Gasteiger partial charge in [0, 0.05) is 31.0 Å². The minimum Gasteiger partial charge on any atom is -0.326 e. The third kappa shape index (κ3) is 4.47. The van der Waals surface area contributed by atoms with Gasteiger partial charge < -0.3 is 5.73 Å². The van der Waals surface area contributed by atoms with Crippen molar-refractivity contribution in [2.75, 3.05) is 12.0 Å². The van der Waals surface area contributed by atoms with Crippen LogP contribution in [0.5, 0.6) is 0 Å². The Bertz CT molecular complexity index is 465. The second-order valence-electron chi connectivity index (χ2n) is 4.35. The monoisotopic (exact) mass is 259 g/mol. The van der Waals surface area contributed by atoms with Crippen LogP contribution in [0.2, 0.25) is 0 Å². The van der Waals surface area contributed by atoms with Crippen LogP contribution in [0.1, 0.15) is 25.2 Å². The van der Waals surface area contributed by atoms with E-state index in [1.54, 1.807) is 0 Å². The van der Waals surface area contributed by atoms with Crippen LogP contribution in [-0.4, -0.2) is 36.2 Å². The van der Waals surface area contributed by atoms with Crippen molar-refractivity contribution in [3.05, 3.63) is 17.5 Å². The van der Waals surface area contributed by atoms with Crippen molar-refractivity contribution < 1.29 is 8.42 Å². The fourth-order valence-electron chi connectivity index (χ4n) is 1.84. The lowest BCUT2D eigenvalue weighted by Crippen LogP contribution is -2.32. The lowest BCUT2D eigenvalue weighted by Gasteiger charge is -2.11. The molecular weight excluding hydrogens is 238 g/mol. The van der Waals surface area contributed by atoms with E-state index in [2.05, 4.69) is 5.10 Å². The maximum Gasteiger partial charge on any atom is 0.148 e. The van der Waals surface area contributed by atoms with Crippen LogP contribution in [0.3, 0.4) is 0 Å². The SMILES string of the molecule is CCc1cc(CC(N)CS(C)(=O)=O)n(CC)n1. The van der Waals surface area contributed by atoms with Gasteiger partial charge in [-0.3, -0.25) is 4.68 Å². The van der Waals surface area contributed by atoms with Gasteiger partial charge in [-0.2, -0.15) is 5.10 Å². The van der Waals surface area contributed by atoms with Gasteiger partial charge in [-0.1, -0.05) is 6.92 Å². The normalized spacial score (nSPS) is 13.9. The highest BCUT2D eigenvalue weighted by atomic mass is 32.2. The summed E-state index contributed by atoms with van der Waals surface area (Å²) in [4.78, 5) is 0. The lowest BCUT2D eigenvalue weighted by atomic mass is 10.2. The van der Waals surface area contributed by atoms with E-state index in [0.717, 1.165) is 24.4 Å². The van der Waals surface area contributed by atoms with Gasteiger partial charge in [0.2, 0.25) is 0 Å². The molecule has 0 aliphatic carbocycles. The summed E-state index contributed by atoms with van der Waals surface area (Å²) in [6.45, 7) is 4.83. The van der Waals surface area contributed by atoms with Crippen molar-refractivity contribution in [2.45, 2.75) is 39.3 Å². The number of rotatable bonds is 6. The molecule has 17 heavy (non-hydrogen) atoms. The summed E-state index contributed by atoms with van der Waals surface area (Å²) in [6, 6.07) is 1.64. The van der Waals surface area contributed by atoms with E-state index in [1.807, 2.05) is 24.6 Å². The van der Waals surface area contributed by atoms with Gasteiger partial charge >= 0.3 is 0 Å².